The molecule has 1 atom stereocenters. The standard InChI is InChI=1S/C25H27FN2O4S/c1-4-22(19-14-15-24(32-3)18(2)16-19)27-25(29)17-28(23-13-9-8-12-21(23)26)33(30,31)20-10-6-5-7-11-20/h5-16,22H,4,17H2,1-3H3,(H,27,29)/t22-/m0/s1. The van der Waals surface area contributed by atoms with E-state index in [9.17, 15) is 17.6 Å². The number of anilines is 1. The summed E-state index contributed by atoms with van der Waals surface area (Å²) in [6, 6.07) is 18.4. The van der Waals surface area contributed by atoms with Gasteiger partial charge in [0.05, 0.1) is 23.7 Å². The van der Waals surface area contributed by atoms with Gasteiger partial charge in [-0.1, -0.05) is 49.4 Å². The first-order valence-electron chi connectivity index (χ1n) is 10.5. The number of nitrogens with one attached hydrogen (secondary N) is 1. The van der Waals surface area contributed by atoms with Crippen LogP contribution >= 0.6 is 0 Å². The summed E-state index contributed by atoms with van der Waals surface area (Å²) in [6.45, 7) is 3.26. The number of carbonyl (C=O) groups is 1. The van der Waals surface area contributed by atoms with Gasteiger partial charge in [0.2, 0.25) is 5.91 Å². The van der Waals surface area contributed by atoms with Crippen LogP contribution in [0.3, 0.4) is 0 Å². The SMILES string of the molecule is CC[C@H](NC(=O)CN(c1ccccc1F)S(=O)(=O)c1ccccc1)c1ccc(OC)c(C)c1. The Morgan fingerprint density at radius 1 is 1.06 bits per heavy atom. The van der Waals surface area contributed by atoms with Gasteiger partial charge in [-0.3, -0.25) is 9.10 Å². The van der Waals surface area contributed by atoms with Crippen molar-refractivity contribution < 1.29 is 22.3 Å². The number of carbonyl (C=O) groups excluding carboxylic acids is 1. The van der Waals surface area contributed by atoms with Crippen molar-refractivity contribution in [2.45, 2.75) is 31.2 Å². The van der Waals surface area contributed by atoms with E-state index < -0.39 is 28.3 Å². The van der Waals surface area contributed by atoms with Gasteiger partial charge in [-0.2, -0.15) is 0 Å². The Hall–Kier alpha value is -3.39. The van der Waals surface area contributed by atoms with Crippen LogP contribution in [0.2, 0.25) is 0 Å². The van der Waals surface area contributed by atoms with Gasteiger partial charge in [-0.25, -0.2) is 12.8 Å². The topological polar surface area (TPSA) is 75.7 Å². The van der Waals surface area contributed by atoms with E-state index >= 15 is 0 Å². The van der Waals surface area contributed by atoms with E-state index in [0.29, 0.717) is 6.42 Å². The molecule has 0 fully saturated rings. The number of halogens is 1. The van der Waals surface area contributed by atoms with E-state index in [4.69, 9.17) is 4.74 Å². The number of aryl methyl sites for hydroxylation is 1. The zero-order valence-corrected chi connectivity index (χ0v) is 19.6. The number of benzene rings is 3. The van der Waals surface area contributed by atoms with Crippen LogP contribution in [-0.2, 0) is 14.8 Å². The zero-order chi connectivity index (χ0) is 24.0. The van der Waals surface area contributed by atoms with Gasteiger partial charge < -0.3 is 10.1 Å². The molecule has 33 heavy (non-hydrogen) atoms. The van der Waals surface area contributed by atoms with Crippen molar-refractivity contribution in [2.75, 3.05) is 18.0 Å². The molecular formula is C25H27FN2O4S. The summed E-state index contributed by atoms with van der Waals surface area (Å²) < 4.78 is 47.3. The van der Waals surface area contributed by atoms with Gasteiger partial charge in [0.1, 0.15) is 18.1 Å². The molecule has 0 aliphatic heterocycles. The molecule has 0 radical (unpaired) electrons. The third-order valence-corrected chi connectivity index (χ3v) is 7.08. The van der Waals surface area contributed by atoms with Crippen LogP contribution < -0.4 is 14.4 Å². The number of ether oxygens (including phenoxy) is 1. The number of amides is 1. The van der Waals surface area contributed by atoms with Crippen LogP contribution in [0.1, 0.15) is 30.5 Å². The highest BCUT2D eigenvalue weighted by molar-refractivity contribution is 7.92. The predicted octanol–water partition coefficient (Wildman–Crippen LogP) is 4.61. The maximum Gasteiger partial charge on any atom is 0.264 e. The van der Waals surface area contributed by atoms with Gasteiger partial charge in [0, 0.05) is 0 Å². The lowest BCUT2D eigenvalue weighted by Crippen LogP contribution is -2.42. The highest BCUT2D eigenvalue weighted by atomic mass is 32.2. The zero-order valence-electron chi connectivity index (χ0n) is 18.8. The molecule has 3 rings (SSSR count). The Labute approximate surface area is 194 Å². The van der Waals surface area contributed by atoms with Gasteiger partial charge in [-0.05, 0) is 54.8 Å². The molecule has 0 aromatic heterocycles. The third-order valence-electron chi connectivity index (χ3n) is 5.30. The molecule has 0 heterocycles. The molecule has 174 valence electrons. The van der Waals surface area contributed by atoms with Crippen LogP contribution in [0.15, 0.2) is 77.7 Å². The molecule has 0 saturated heterocycles. The van der Waals surface area contributed by atoms with E-state index in [1.165, 1.54) is 30.3 Å². The number of para-hydroxylation sites is 1. The molecule has 1 N–H and O–H groups in total. The van der Waals surface area contributed by atoms with E-state index in [-0.39, 0.29) is 16.6 Å². The summed E-state index contributed by atoms with van der Waals surface area (Å²) in [4.78, 5) is 13.0. The van der Waals surface area contributed by atoms with Crippen molar-refractivity contribution in [3.05, 3.63) is 89.7 Å². The Bertz CT molecular complexity index is 1220. The Morgan fingerprint density at radius 3 is 2.33 bits per heavy atom. The van der Waals surface area contributed by atoms with Crippen LogP contribution in [0.4, 0.5) is 10.1 Å². The normalized spacial score (nSPS) is 12.1. The second-order valence-corrected chi connectivity index (χ2v) is 9.40. The van der Waals surface area contributed by atoms with E-state index in [0.717, 1.165) is 27.2 Å². The fraction of sp³-hybridized carbons (Fsp3) is 0.240. The molecule has 0 spiro atoms. The van der Waals surface area contributed by atoms with Gasteiger partial charge in [0.15, 0.2) is 0 Å². The lowest BCUT2D eigenvalue weighted by Gasteiger charge is -2.26. The molecule has 1 amide bonds. The summed E-state index contributed by atoms with van der Waals surface area (Å²) in [5.74, 6) is -0.541. The van der Waals surface area contributed by atoms with Crippen molar-refractivity contribution in [2.24, 2.45) is 0 Å². The molecule has 3 aromatic carbocycles. The van der Waals surface area contributed by atoms with Crippen molar-refractivity contribution >= 4 is 21.6 Å². The summed E-state index contributed by atoms with van der Waals surface area (Å²) in [6.07, 6.45) is 0.586. The van der Waals surface area contributed by atoms with Crippen molar-refractivity contribution in [3.8, 4) is 5.75 Å². The van der Waals surface area contributed by atoms with E-state index in [1.54, 1.807) is 25.3 Å². The van der Waals surface area contributed by atoms with Crippen molar-refractivity contribution in [1.82, 2.24) is 5.32 Å². The van der Waals surface area contributed by atoms with E-state index in [2.05, 4.69) is 5.32 Å². The second kappa shape index (κ2) is 10.5. The van der Waals surface area contributed by atoms with E-state index in [1.807, 2.05) is 32.0 Å². The Morgan fingerprint density at radius 2 is 1.73 bits per heavy atom. The van der Waals surface area contributed by atoms with Gasteiger partial charge in [0.25, 0.3) is 10.0 Å². The number of hydrogen-bond donors (Lipinski definition) is 1. The first-order chi connectivity index (χ1) is 15.8. The highest BCUT2D eigenvalue weighted by Gasteiger charge is 2.29. The second-order valence-electron chi connectivity index (χ2n) is 7.53. The fourth-order valence-corrected chi connectivity index (χ4v) is 5.03. The largest absolute Gasteiger partial charge is 0.496 e. The quantitative estimate of drug-likeness (QED) is 0.496. The monoisotopic (exact) mass is 470 g/mol. The Balaban J connectivity index is 1.90. The molecule has 0 aliphatic carbocycles. The molecule has 0 bridgehead atoms. The number of rotatable bonds is 9. The van der Waals surface area contributed by atoms with Gasteiger partial charge >= 0.3 is 0 Å². The molecule has 0 aliphatic rings. The number of hydrogen-bond acceptors (Lipinski definition) is 4. The molecular weight excluding hydrogens is 443 g/mol. The lowest BCUT2D eigenvalue weighted by atomic mass is 10.0. The summed E-state index contributed by atoms with van der Waals surface area (Å²) in [7, 11) is -2.59. The van der Waals surface area contributed by atoms with Crippen LogP contribution in [0.25, 0.3) is 0 Å². The maximum atomic E-state index is 14.6. The lowest BCUT2D eigenvalue weighted by molar-refractivity contribution is -0.120. The van der Waals surface area contributed by atoms with Crippen LogP contribution in [0, 0.1) is 12.7 Å². The average Bonchev–Trinajstić information content (AvgIpc) is 2.82. The summed E-state index contributed by atoms with van der Waals surface area (Å²) >= 11 is 0. The molecule has 8 heteroatoms. The minimum Gasteiger partial charge on any atom is -0.496 e. The van der Waals surface area contributed by atoms with Crippen LogP contribution in [-0.4, -0.2) is 28.0 Å². The summed E-state index contributed by atoms with van der Waals surface area (Å²) in [5, 5.41) is 2.88. The first-order valence-corrected chi connectivity index (χ1v) is 12.0. The number of sulfonamides is 1. The minimum absolute atomic E-state index is 0.0288. The van der Waals surface area contributed by atoms with Crippen molar-refractivity contribution in [3.63, 3.8) is 0 Å². The van der Waals surface area contributed by atoms with Crippen LogP contribution in [0.5, 0.6) is 5.75 Å². The first kappa shape index (κ1) is 24.3. The number of methoxy groups -OCH3 is 1. The van der Waals surface area contributed by atoms with Crippen molar-refractivity contribution in [1.29, 1.82) is 0 Å². The minimum atomic E-state index is -4.18. The summed E-state index contributed by atoms with van der Waals surface area (Å²) in [5.41, 5.74) is 1.60. The highest BCUT2D eigenvalue weighted by Crippen LogP contribution is 2.27. The fourth-order valence-electron chi connectivity index (χ4n) is 3.58. The molecule has 3 aromatic rings. The molecule has 0 unspecified atom stereocenters. The molecule has 6 nitrogen and oxygen atoms in total. The maximum absolute atomic E-state index is 14.6. The Kier molecular flexibility index (Phi) is 7.71. The smallest absolute Gasteiger partial charge is 0.264 e. The van der Waals surface area contributed by atoms with Gasteiger partial charge in [-0.15, -0.1) is 0 Å². The predicted molar refractivity (Wildman–Crippen MR) is 126 cm³/mol. The number of nitrogens with zero attached hydrogens (tertiary/aromatic N) is 1. The average molecular weight is 471 g/mol. The molecule has 0 saturated carbocycles. The third kappa shape index (κ3) is 5.51.